The van der Waals surface area contributed by atoms with E-state index in [1.54, 1.807) is 0 Å². The Morgan fingerprint density at radius 3 is 2.57 bits per heavy atom. The third kappa shape index (κ3) is 1.79. The maximum Gasteiger partial charge on any atom is 0.425 e. The van der Waals surface area contributed by atoms with Crippen LogP contribution < -0.4 is 0 Å². The van der Waals surface area contributed by atoms with Crippen LogP contribution >= 0.6 is 11.3 Å². The SMILES string of the molecule is OC(c1ccsc1C(F)(F)F)C1CC1. The van der Waals surface area contributed by atoms with Crippen molar-refractivity contribution >= 4 is 11.3 Å². The van der Waals surface area contributed by atoms with Crippen LogP contribution in [-0.2, 0) is 6.18 Å². The molecule has 5 heteroatoms. The fourth-order valence-corrected chi connectivity index (χ4v) is 2.26. The number of aliphatic hydroxyl groups is 1. The van der Waals surface area contributed by atoms with Crippen molar-refractivity contribution in [3.8, 4) is 0 Å². The molecule has 1 aliphatic carbocycles. The summed E-state index contributed by atoms with van der Waals surface area (Å²) in [5.74, 6) is 0.0331. The molecule has 0 spiro atoms. The summed E-state index contributed by atoms with van der Waals surface area (Å²) in [7, 11) is 0. The van der Waals surface area contributed by atoms with Crippen molar-refractivity contribution in [1.29, 1.82) is 0 Å². The van der Waals surface area contributed by atoms with E-state index < -0.39 is 17.2 Å². The third-order valence-electron chi connectivity index (χ3n) is 2.34. The molecule has 1 aliphatic rings. The second kappa shape index (κ2) is 3.24. The monoisotopic (exact) mass is 222 g/mol. The van der Waals surface area contributed by atoms with Crippen molar-refractivity contribution in [3.63, 3.8) is 0 Å². The van der Waals surface area contributed by atoms with Gasteiger partial charge >= 0.3 is 6.18 Å². The molecule has 0 saturated heterocycles. The Morgan fingerprint density at radius 2 is 2.07 bits per heavy atom. The Morgan fingerprint density at radius 1 is 1.43 bits per heavy atom. The Labute approximate surface area is 83.2 Å². The summed E-state index contributed by atoms with van der Waals surface area (Å²) >= 11 is 0.645. The maximum atomic E-state index is 12.4. The van der Waals surface area contributed by atoms with E-state index in [0.717, 1.165) is 12.8 Å². The summed E-state index contributed by atoms with van der Waals surface area (Å²) in [5.41, 5.74) is 0.0463. The molecule has 0 amide bonds. The minimum atomic E-state index is -4.33. The molecule has 0 aliphatic heterocycles. The standard InChI is InChI=1S/C9H9F3OS/c10-9(11,12)8-6(3-4-14-8)7(13)5-1-2-5/h3-5,7,13H,1-2H2. The molecule has 1 N–H and O–H groups in total. The second-order valence-electron chi connectivity index (χ2n) is 3.49. The second-order valence-corrected chi connectivity index (χ2v) is 4.40. The van der Waals surface area contributed by atoms with Gasteiger partial charge in [0, 0.05) is 5.56 Å². The molecule has 0 bridgehead atoms. The van der Waals surface area contributed by atoms with E-state index in [1.807, 2.05) is 0 Å². The van der Waals surface area contributed by atoms with Crippen LogP contribution in [0.5, 0.6) is 0 Å². The number of aliphatic hydroxyl groups excluding tert-OH is 1. The summed E-state index contributed by atoms with van der Waals surface area (Å²) in [6, 6.07) is 1.37. The van der Waals surface area contributed by atoms with E-state index in [2.05, 4.69) is 0 Å². The fraction of sp³-hybridized carbons (Fsp3) is 0.556. The summed E-state index contributed by atoms with van der Waals surface area (Å²) < 4.78 is 37.3. The van der Waals surface area contributed by atoms with Crippen molar-refractivity contribution in [2.75, 3.05) is 0 Å². The topological polar surface area (TPSA) is 20.2 Å². The van der Waals surface area contributed by atoms with E-state index >= 15 is 0 Å². The smallest absolute Gasteiger partial charge is 0.388 e. The van der Waals surface area contributed by atoms with Crippen LogP contribution in [0.2, 0.25) is 0 Å². The molecular weight excluding hydrogens is 213 g/mol. The first kappa shape index (κ1) is 9.98. The lowest BCUT2D eigenvalue weighted by molar-refractivity contribution is -0.135. The molecule has 78 valence electrons. The van der Waals surface area contributed by atoms with Crippen molar-refractivity contribution in [2.24, 2.45) is 5.92 Å². The Balaban J connectivity index is 2.28. The van der Waals surface area contributed by atoms with Crippen LogP contribution in [0, 0.1) is 5.92 Å². The Kier molecular flexibility index (Phi) is 2.31. The fourth-order valence-electron chi connectivity index (χ4n) is 1.45. The van der Waals surface area contributed by atoms with Gasteiger partial charge in [-0.2, -0.15) is 13.2 Å². The first-order valence-corrected chi connectivity index (χ1v) is 5.21. The average Bonchev–Trinajstić information content (AvgIpc) is 2.78. The zero-order valence-corrected chi connectivity index (χ0v) is 8.03. The van der Waals surface area contributed by atoms with E-state index in [4.69, 9.17) is 0 Å². The lowest BCUT2D eigenvalue weighted by atomic mass is 10.1. The van der Waals surface area contributed by atoms with E-state index in [1.165, 1.54) is 11.4 Å². The highest BCUT2D eigenvalue weighted by Gasteiger charge is 2.40. The molecular formula is C9H9F3OS. The molecule has 0 aromatic carbocycles. The third-order valence-corrected chi connectivity index (χ3v) is 3.32. The van der Waals surface area contributed by atoms with E-state index in [9.17, 15) is 18.3 Å². The largest absolute Gasteiger partial charge is 0.425 e. The van der Waals surface area contributed by atoms with Gasteiger partial charge in [-0.15, -0.1) is 11.3 Å². The van der Waals surface area contributed by atoms with Gasteiger partial charge in [0.1, 0.15) is 4.88 Å². The highest BCUT2D eigenvalue weighted by atomic mass is 32.1. The minimum absolute atomic E-state index is 0.0331. The quantitative estimate of drug-likeness (QED) is 0.814. The van der Waals surface area contributed by atoms with Gasteiger partial charge in [-0.25, -0.2) is 0 Å². The van der Waals surface area contributed by atoms with Crippen LogP contribution in [0.4, 0.5) is 13.2 Å². The summed E-state index contributed by atoms with van der Waals surface area (Å²) in [5, 5.41) is 11.0. The van der Waals surface area contributed by atoms with Crippen molar-refractivity contribution in [3.05, 3.63) is 21.9 Å². The number of hydrogen-bond acceptors (Lipinski definition) is 2. The van der Waals surface area contributed by atoms with Crippen LogP contribution in [0.25, 0.3) is 0 Å². The molecule has 1 heterocycles. The van der Waals surface area contributed by atoms with Crippen LogP contribution in [0.1, 0.15) is 29.4 Å². The van der Waals surface area contributed by atoms with Gasteiger partial charge in [0.25, 0.3) is 0 Å². The molecule has 1 nitrogen and oxygen atoms in total. The molecule has 1 aromatic heterocycles. The zero-order chi connectivity index (χ0) is 10.3. The number of thiophene rings is 1. The lowest BCUT2D eigenvalue weighted by Gasteiger charge is -2.12. The van der Waals surface area contributed by atoms with E-state index in [0.29, 0.717) is 11.3 Å². The van der Waals surface area contributed by atoms with Crippen LogP contribution in [0.15, 0.2) is 11.4 Å². The molecule has 1 saturated carbocycles. The Hall–Kier alpha value is -0.550. The normalized spacial score (nSPS) is 19.7. The van der Waals surface area contributed by atoms with Crippen molar-refractivity contribution in [2.45, 2.75) is 25.1 Å². The molecule has 1 fully saturated rings. The van der Waals surface area contributed by atoms with Crippen molar-refractivity contribution in [1.82, 2.24) is 0 Å². The molecule has 14 heavy (non-hydrogen) atoms. The van der Waals surface area contributed by atoms with Crippen LogP contribution in [0.3, 0.4) is 0 Å². The summed E-state index contributed by atoms with van der Waals surface area (Å²) in [4.78, 5) is -0.656. The summed E-state index contributed by atoms with van der Waals surface area (Å²) in [6.45, 7) is 0. The van der Waals surface area contributed by atoms with Gasteiger partial charge in [0.05, 0.1) is 6.10 Å². The minimum Gasteiger partial charge on any atom is -0.388 e. The highest BCUT2D eigenvalue weighted by molar-refractivity contribution is 7.10. The molecule has 1 atom stereocenters. The molecule has 1 unspecified atom stereocenters. The molecule has 0 radical (unpaired) electrons. The first-order chi connectivity index (χ1) is 6.50. The van der Waals surface area contributed by atoms with Crippen LogP contribution in [-0.4, -0.2) is 5.11 Å². The molecule has 1 aromatic rings. The van der Waals surface area contributed by atoms with E-state index in [-0.39, 0.29) is 11.5 Å². The first-order valence-electron chi connectivity index (χ1n) is 4.33. The number of hydrogen-bond donors (Lipinski definition) is 1. The van der Waals surface area contributed by atoms with Gasteiger partial charge < -0.3 is 5.11 Å². The van der Waals surface area contributed by atoms with Gasteiger partial charge in [-0.05, 0) is 30.2 Å². The van der Waals surface area contributed by atoms with Crippen molar-refractivity contribution < 1.29 is 18.3 Å². The van der Waals surface area contributed by atoms with Gasteiger partial charge in [0.15, 0.2) is 0 Å². The number of rotatable bonds is 2. The number of alkyl halides is 3. The van der Waals surface area contributed by atoms with Gasteiger partial charge in [-0.3, -0.25) is 0 Å². The predicted molar refractivity (Wildman–Crippen MR) is 47.0 cm³/mol. The lowest BCUT2D eigenvalue weighted by Crippen LogP contribution is -2.09. The predicted octanol–water partition coefficient (Wildman–Crippen LogP) is 3.21. The number of halogens is 3. The Bertz CT molecular complexity index is 327. The molecule has 2 rings (SSSR count). The zero-order valence-electron chi connectivity index (χ0n) is 7.21. The average molecular weight is 222 g/mol. The maximum absolute atomic E-state index is 12.4. The van der Waals surface area contributed by atoms with Gasteiger partial charge in [-0.1, -0.05) is 0 Å². The summed E-state index contributed by atoms with van der Waals surface area (Å²) in [6.07, 6.45) is -3.61. The highest BCUT2D eigenvalue weighted by Crippen LogP contribution is 2.46. The van der Waals surface area contributed by atoms with Gasteiger partial charge in [0.2, 0.25) is 0 Å².